The number of nitrogens with one attached hydrogen (secondary N) is 1. The second-order valence-corrected chi connectivity index (χ2v) is 5.09. The second kappa shape index (κ2) is 7.24. The van der Waals surface area contributed by atoms with Crippen molar-refractivity contribution in [3.05, 3.63) is 0 Å². The van der Waals surface area contributed by atoms with E-state index in [0.717, 1.165) is 11.8 Å². The largest absolute Gasteiger partial charge is 0.316 e. The molecule has 1 heterocycles. The summed E-state index contributed by atoms with van der Waals surface area (Å²) in [6.07, 6.45) is 5.40. The van der Waals surface area contributed by atoms with Crippen molar-refractivity contribution in [1.29, 1.82) is 0 Å². The zero-order chi connectivity index (χ0) is 11.1. The number of nitrogens with zero attached hydrogens (tertiary/aromatic N) is 1. The van der Waals surface area contributed by atoms with Crippen molar-refractivity contribution in [2.45, 2.75) is 39.5 Å². The molecular formula is C13H28N2. The van der Waals surface area contributed by atoms with Gasteiger partial charge in [0, 0.05) is 0 Å². The van der Waals surface area contributed by atoms with E-state index >= 15 is 0 Å². The lowest BCUT2D eigenvalue weighted by Gasteiger charge is -2.29. The third kappa shape index (κ3) is 4.98. The van der Waals surface area contributed by atoms with E-state index in [1.54, 1.807) is 0 Å². The maximum absolute atomic E-state index is 3.65. The first-order valence-corrected chi connectivity index (χ1v) is 6.65. The third-order valence-corrected chi connectivity index (χ3v) is 3.86. The SMILES string of the molecule is CCC(CC)CNCC1CCN(C)CC1. The van der Waals surface area contributed by atoms with Crippen molar-refractivity contribution >= 4 is 0 Å². The fraction of sp³-hybridized carbons (Fsp3) is 1.00. The molecule has 1 saturated heterocycles. The summed E-state index contributed by atoms with van der Waals surface area (Å²) < 4.78 is 0. The van der Waals surface area contributed by atoms with Crippen molar-refractivity contribution in [2.75, 3.05) is 33.2 Å². The number of hydrogen-bond acceptors (Lipinski definition) is 2. The molecule has 1 aliphatic heterocycles. The monoisotopic (exact) mass is 212 g/mol. The molecule has 1 rings (SSSR count). The van der Waals surface area contributed by atoms with Crippen LogP contribution in [-0.4, -0.2) is 38.1 Å². The molecule has 0 amide bonds. The Morgan fingerprint density at radius 1 is 1.20 bits per heavy atom. The summed E-state index contributed by atoms with van der Waals surface area (Å²) in [7, 11) is 2.23. The molecule has 1 N–H and O–H groups in total. The topological polar surface area (TPSA) is 15.3 Å². The van der Waals surface area contributed by atoms with E-state index in [0.29, 0.717) is 0 Å². The Morgan fingerprint density at radius 2 is 1.80 bits per heavy atom. The van der Waals surface area contributed by atoms with E-state index in [4.69, 9.17) is 0 Å². The molecule has 0 atom stereocenters. The van der Waals surface area contributed by atoms with Crippen molar-refractivity contribution in [2.24, 2.45) is 11.8 Å². The summed E-state index contributed by atoms with van der Waals surface area (Å²) in [4.78, 5) is 2.44. The lowest BCUT2D eigenvalue weighted by atomic mass is 9.96. The lowest BCUT2D eigenvalue weighted by Crippen LogP contribution is -2.36. The molecule has 15 heavy (non-hydrogen) atoms. The molecule has 0 aromatic carbocycles. The van der Waals surface area contributed by atoms with Gasteiger partial charge in [0.15, 0.2) is 0 Å². The van der Waals surface area contributed by atoms with Gasteiger partial charge in [-0.3, -0.25) is 0 Å². The highest BCUT2D eigenvalue weighted by molar-refractivity contribution is 4.72. The van der Waals surface area contributed by atoms with E-state index < -0.39 is 0 Å². The minimum Gasteiger partial charge on any atom is -0.316 e. The zero-order valence-electron chi connectivity index (χ0n) is 10.8. The summed E-state index contributed by atoms with van der Waals surface area (Å²) >= 11 is 0. The van der Waals surface area contributed by atoms with Gasteiger partial charge in [-0.25, -0.2) is 0 Å². The predicted octanol–water partition coefficient (Wildman–Crippen LogP) is 2.35. The van der Waals surface area contributed by atoms with Crippen LogP contribution in [0, 0.1) is 11.8 Å². The second-order valence-electron chi connectivity index (χ2n) is 5.09. The average Bonchev–Trinajstić information content (AvgIpc) is 2.27. The Morgan fingerprint density at radius 3 is 2.33 bits per heavy atom. The van der Waals surface area contributed by atoms with Crippen LogP contribution in [0.4, 0.5) is 0 Å². The first kappa shape index (κ1) is 13.0. The standard InChI is InChI=1S/C13H28N2/c1-4-12(5-2)10-14-11-13-6-8-15(3)9-7-13/h12-14H,4-11H2,1-3H3. The molecule has 0 aromatic rings. The molecule has 90 valence electrons. The Labute approximate surface area is 95.4 Å². The van der Waals surface area contributed by atoms with Gasteiger partial charge in [0.2, 0.25) is 0 Å². The molecule has 0 saturated carbocycles. The van der Waals surface area contributed by atoms with E-state index in [-0.39, 0.29) is 0 Å². The fourth-order valence-corrected chi connectivity index (χ4v) is 2.34. The van der Waals surface area contributed by atoms with Gasteiger partial charge < -0.3 is 10.2 Å². The molecule has 0 spiro atoms. The number of piperidine rings is 1. The van der Waals surface area contributed by atoms with Crippen LogP contribution in [0.1, 0.15) is 39.5 Å². The van der Waals surface area contributed by atoms with Gasteiger partial charge in [-0.2, -0.15) is 0 Å². The van der Waals surface area contributed by atoms with Crippen molar-refractivity contribution in [3.63, 3.8) is 0 Å². The minimum atomic E-state index is 0.885. The van der Waals surface area contributed by atoms with Gasteiger partial charge in [-0.15, -0.1) is 0 Å². The summed E-state index contributed by atoms with van der Waals surface area (Å²) in [6.45, 7) is 9.63. The van der Waals surface area contributed by atoms with Crippen LogP contribution >= 0.6 is 0 Å². The lowest BCUT2D eigenvalue weighted by molar-refractivity contribution is 0.214. The minimum absolute atomic E-state index is 0.885. The average molecular weight is 212 g/mol. The van der Waals surface area contributed by atoms with E-state index in [9.17, 15) is 0 Å². The van der Waals surface area contributed by atoms with Crippen LogP contribution < -0.4 is 5.32 Å². The number of likely N-dealkylation sites (tertiary alicyclic amines) is 1. The molecule has 1 fully saturated rings. The van der Waals surface area contributed by atoms with Gasteiger partial charge in [0.25, 0.3) is 0 Å². The molecule has 0 aromatic heterocycles. The van der Waals surface area contributed by atoms with Gasteiger partial charge in [-0.05, 0) is 57.9 Å². The Hall–Kier alpha value is -0.0800. The van der Waals surface area contributed by atoms with E-state index in [2.05, 4.69) is 31.1 Å². The maximum atomic E-state index is 3.65. The van der Waals surface area contributed by atoms with Crippen LogP contribution in [0.15, 0.2) is 0 Å². The van der Waals surface area contributed by atoms with E-state index in [1.807, 2.05) is 0 Å². The number of rotatable bonds is 6. The Bertz CT molecular complexity index is 147. The van der Waals surface area contributed by atoms with Crippen molar-refractivity contribution < 1.29 is 0 Å². The Kier molecular flexibility index (Phi) is 6.26. The first-order valence-electron chi connectivity index (χ1n) is 6.65. The van der Waals surface area contributed by atoms with Gasteiger partial charge in [-0.1, -0.05) is 26.7 Å². The van der Waals surface area contributed by atoms with Gasteiger partial charge >= 0.3 is 0 Å². The summed E-state index contributed by atoms with van der Waals surface area (Å²) in [5, 5.41) is 3.65. The van der Waals surface area contributed by atoms with Crippen molar-refractivity contribution in [1.82, 2.24) is 10.2 Å². The zero-order valence-corrected chi connectivity index (χ0v) is 10.8. The Balaban J connectivity index is 2.04. The summed E-state index contributed by atoms with van der Waals surface area (Å²) in [6, 6.07) is 0. The number of hydrogen-bond donors (Lipinski definition) is 1. The van der Waals surface area contributed by atoms with Crippen LogP contribution in [0.2, 0.25) is 0 Å². The summed E-state index contributed by atoms with van der Waals surface area (Å²) in [5.41, 5.74) is 0. The first-order chi connectivity index (χ1) is 7.26. The smallest absolute Gasteiger partial charge is 0.00187 e. The highest BCUT2D eigenvalue weighted by Gasteiger charge is 2.16. The van der Waals surface area contributed by atoms with Crippen molar-refractivity contribution in [3.8, 4) is 0 Å². The molecule has 0 radical (unpaired) electrons. The van der Waals surface area contributed by atoms with Gasteiger partial charge in [0.05, 0.1) is 0 Å². The van der Waals surface area contributed by atoms with Crippen LogP contribution in [-0.2, 0) is 0 Å². The molecular weight excluding hydrogens is 184 g/mol. The molecule has 2 heteroatoms. The molecule has 0 aliphatic carbocycles. The molecule has 1 aliphatic rings. The van der Waals surface area contributed by atoms with Gasteiger partial charge in [0.1, 0.15) is 0 Å². The van der Waals surface area contributed by atoms with Crippen LogP contribution in [0.25, 0.3) is 0 Å². The molecule has 0 bridgehead atoms. The van der Waals surface area contributed by atoms with Crippen LogP contribution in [0.5, 0.6) is 0 Å². The predicted molar refractivity (Wildman–Crippen MR) is 67.2 cm³/mol. The third-order valence-electron chi connectivity index (χ3n) is 3.86. The highest BCUT2D eigenvalue weighted by atomic mass is 15.1. The summed E-state index contributed by atoms with van der Waals surface area (Å²) in [5.74, 6) is 1.81. The normalized spacial score (nSPS) is 20.0. The molecule has 2 nitrogen and oxygen atoms in total. The maximum Gasteiger partial charge on any atom is -0.00187 e. The quantitative estimate of drug-likeness (QED) is 0.727. The van der Waals surface area contributed by atoms with E-state index in [1.165, 1.54) is 51.9 Å². The van der Waals surface area contributed by atoms with Crippen LogP contribution in [0.3, 0.4) is 0 Å². The highest BCUT2D eigenvalue weighted by Crippen LogP contribution is 2.15. The molecule has 0 unspecified atom stereocenters. The fourth-order valence-electron chi connectivity index (χ4n) is 2.34.